The minimum absolute atomic E-state index is 0.0151. The van der Waals surface area contributed by atoms with Crippen LogP contribution in [-0.2, 0) is 9.59 Å². The number of amides is 1. The Balaban J connectivity index is 2.16. The number of Topliss-reactive ketones (excluding diaryl/α,β-unsaturated/α-hetero) is 1. The number of likely N-dealkylation sites (tertiary alicyclic amines) is 1. The van der Waals surface area contributed by atoms with Gasteiger partial charge < -0.3 is 14.7 Å². The molecule has 6 heteroatoms. The Morgan fingerprint density at radius 1 is 1.17 bits per heavy atom. The van der Waals surface area contributed by atoms with Crippen LogP contribution in [0.1, 0.15) is 44.4 Å². The summed E-state index contributed by atoms with van der Waals surface area (Å²) in [4.78, 5) is 27.1. The van der Waals surface area contributed by atoms with Crippen molar-refractivity contribution in [2.75, 3.05) is 6.54 Å². The summed E-state index contributed by atoms with van der Waals surface area (Å²) in [5.41, 5.74) is 1.17. The fourth-order valence-electron chi connectivity index (χ4n) is 3.52. The number of aliphatic hydroxyl groups excluding tert-OH is 1. The first-order valence-electron chi connectivity index (χ1n) is 9.64. The number of hydrogen-bond acceptors (Lipinski definition) is 4. The van der Waals surface area contributed by atoms with Gasteiger partial charge in [0, 0.05) is 17.1 Å². The number of hydrogen-bond donors (Lipinski definition) is 1. The van der Waals surface area contributed by atoms with Crippen LogP contribution in [0.4, 0.5) is 0 Å². The summed E-state index contributed by atoms with van der Waals surface area (Å²) in [5.74, 6) is -0.904. The summed E-state index contributed by atoms with van der Waals surface area (Å²) in [5, 5.41) is 11.4. The van der Waals surface area contributed by atoms with Crippen LogP contribution in [0.5, 0.6) is 5.75 Å². The molecule has 0 bridgehead atoms. The smallest absolute Gasteiger partial charge is 0.295 e. The van der Waals surface area contributed by atoms with Crippen LogP contribution in [-0.4, -0.2) is 34.3 Å². The van der Waals surface area contributed by atoms with Crippen molar-refractivity contribution < 1.29 is 19.4 Å². The van der Waals surface area contributed by atoms with E-state index < -0.39 is 17.7 Å². The topological polar surface area (TPSA) is 66.8 Å². The molecule has 0 radical (unpaired) electrons. The van der Waals surface area contributed by atoms with Gasteiger partial charge in [0.1, 0.15) is 11.5 Å². The van der Waals surface area contributed by atoms with Crippen molar-refractivity contribution in [1.29, 1.82) is 0 Å². The van der Waals surface area contributed by atoms with Crippen LogP contribution in [0.25, 0.3) is 5.76 Å². The molecule has 1 aliphatic heterocycles. The lowest BCUT2D eigenvalue weighted by atomic mass is 9.95. The first kappa shape index (κ1) is 20.9. The highest BCUT2D eigenvalue weighted by molar-refractivity contribution is 6.46. The van der Waals surface area contributed by atoms with Crippen molar-refractivity contribution in [3.05, 3.63) is 70.3 Å². The van der Waals surface area contributed by atoms with E-state index in [2.05, 4.69) is 0 Å². The minimum atomic E-state index is -0.698. The van der Waals surface area contributed by atoms with Gasteiger partial charge in [-0.3, -0.25) is 9.59 Å². The molecule has 1 saturated heterocycles. The van der Waals surface area contributed by atoms with E-state index in [1.54, 1.807) is 24.3 Å². The number of nitrogens with zero attached hydrogens (tertiary/aromatic N) is 1. The maximum atomic E-state index is 12.9. The van der Waals surface area contributed by atoms with E-state index in [1.807, 2.05) is 45.0 Å². The van der Waals surface area contributed by atoms with E-state index in [9.17, 15) is 14.7 Å². The van der Waals surface area contributed by atoms with E-state index in [1.165, 1.54) is 4.90 Å². The Hall–Kier alpha value is -2.79. The van der Waals surface area contributed by atoms with Crippen LogP contribution in [0.2, 0.25) is 5.02 Å². The molecular weight excluding hydrogens is 390 g/mol. The molecule has 1 atom stereocenters. The summed E-state index contributed by atoms with van der Waals surface area (Å²) in [6.07, 6.45) is 0.668. The van der Waals surface area contributed by atoms with Crippen LogP contribution in [0.15, 0.2) is 54.1 Å². The second kappa shape index (κ2) is 8.70. The van der Waals surface area contributed by atoms with E-state index >= 15 is 0 Å². The van der Waals surface area contributed by atoms with Gasteiger partial charge in [0.25, 0.3) is 11.7 Å². The van der Waals surface area contributed by atoms with Gasteiger partial charge in [0.15, 0.2) is 0 Å². The fraction of sp³-hybridized carbons (Fsp3) is 0.304. The first-order chi connectivity index (χ1) is 13.8. The van der Waals surface area contributed by atoms with E-state index in [0.717, 1.165) is 0 Å². The fourth-order valence-corrected chi connectivity index (χ4v) is 3.71. The number of aliphatic hydroxyl groups is 1. The van der Waals surface area contributed by atoms with Gasteiger partial charge in [0.2, 0.25) is 0 Å². The van der Waals surface area contributed by atoms with E-state index in [4.69, 9.17) is 16.3 Å². The van der Waals surface area contributed by atoms with Gasteiger partial charge in [-0.1, -0.05) is 42.8 Å². The Kier molecular flexibility index (Phi) is 6.28. The van der Waals surface area contributed by atoms with Crippen LogP contribution < -0.4 is 4.74 Å². The van der Waals surface area contributed by atoms with Crippen molar-refractivity contribution in [2.24, 2.45) is 0 Å². The molecule has 0 saturated carbocycles. The molecule has 1 N–H and O–H groups in total. The number of rotatable bonds is 6. The highest BCUT2D eigenvalue weighted by atomic mass is 35.5. The molecule has 29 heavy (non-hydrogen) atoms. The third kappa shape index (κ3) is 4.30. The number of halogens is 1. The molecule has 1 heterocycles. The predicted molar refractivity (Wildman–Crippen MR) is 113 cm³/mol. The zero-order valence-corrected chi connectivity index (χ0v) is 17.4. The molecule has 1 amide bonds. The Morgan fingerprint density at radius 3 is 2.55 bits per heavy atom. The van der Waals surface area contributed by atoms with Gasteiger partial charge in [-0.25, -0.2) is 0 Å². The lowest BCUT2D eigenvalue weighted by Gasteiger charge is -2.25. The summed E-state index contributed by atoms with van der Waals surface area (Å²) >= 11 is 6.05. The standard InChI is InChI=1S/C23H24ClNO4/c1-4-11-25-20(15-7-6-10-18(13-15)29-14(2)3)19(22(27)23(25)28)21(26)16-8-5-9-17(24)12-16/h5-10,12-14,20,26H,4,11H2,1-3H3/b21-19-. The summed E-state index contributed by atoms with van der Waals surface area (Å²) in [6, 6.07) is 13.2. The molecule has 3 rings (SSSR count). The van der Waals surface area contributed by atoms with Crippen molar-refractivity contribution in [3.63, 3.8) is 0 Å². The minimum Gasteiger partial charge on any atom is -0.507 e. The molecule has 2 aromatic rings. The Bertz CT molecular complexity index is 967. The summed E-state index contributed by atoms with van der Waals surface area (Å²) < 4.78 is 5.78. The number of ketones is 1. The monoisotopic (exact) mass is 413 g/mol. The molecule has 0 aliphatic carbocycles. The number of benzene rings is 2. The second-order valence-electron chi connectivity index (χ2n) is 7.24. The summed E-state index contributed by atoms with van der Waals surface area (Å²) in [6.45, 7) is 6.19. The third-order valence-corrected chi connectivity index (χ3v) is 4.88. The Labute approximate surface area is 175 Å². The van der Waals surface area contributed by atoms with Crippen molar-refractivity contribution in [3.8, 4) is 5.75 Å². The molecule has 0 aromatic heterocycles. The number of carbonyl (C=O) groups is 2. The van der Waals surface area contributed by atoms with E-state index in [0.29, 0.717) is 34.9 Å². The number of ether oxygens (including phenoxy) is 1. The maximum absolute atomic E-state index is 12.9. The van der Waals surface area contributed by atoms with Crippen molar-refractivity contribution >= 4 is 29.1 Å². The average Bonchev–Trinajstić information content (AvgIpc) is 2.92. The molecule has 5 nitrogen and oxygen atoms in total. The van der Waals surface area contributed by atoms with Gasteiger partial charge >= 0.3 is 0 Å². The van der Waals surface area contributed by atoms with Crippen molar-refractivity contribution in [1.82, 2.24) is 4.90 Å². The third-order valence-electron chi connectivity index (χ3n) is 4.65. The van der Waals surface area contributed by atoms with Crippen LogP contribution >= 0.6 is 11.6 Å². The summed E-state index contributed by atoms with van der Waals surface area (Å²) in [7, 11) is 0. The van der Waals surface area contributed by atoms with E-state index in [-0.39, 0.29) is 17.4 Å². The molecular formula is C23H24ClNO4. The van der Waals surface area contributed by atoms with Crippen molar-refractivity contribution in [2.45, 2.75) is 39.3 Å². The molecule has 152 valence electrons. The predicted octanol–water partition coefficient (Wildman–Crippen LogP) is 4.96. The molecule has 0 spiro atoms. The lowest BCUT2D eigenvalue weighted by molar-refractivity contribution is -0.139. The highest BCUT2D eigenvalue weighted by Crippen LogP contribution is 2.40. The Morgan fingerprint density at radius 2 is 1.90 bits per heavy atom. The molecule has 1 aliphatic rings. The second-order valence-corrected chi connectivity index (χ2v) is 7.68. The van der Waals surface area contributed by atoms with Crippen LogP contribution in [0, 0.1) is 0 Å². The highest BCUT2D eigenvalue weighted by Gasteiger charge is 2.45. The molecule has 2 aromatic carbocycles. The van der Waals surface area contributed by atoms with Gasteiger partial charge in [-0.2, -0.15) is 0 Å². The number of carbonyl (C=O) groups excluding carboxylic acids is 2. The SMILES string of the molecule is CCCN1C(=O)C(=O)/C(=C(\O)c2cccc(Cl)c2)C1c1cccc(OC(C)C)c1. The van der Waals surface area contributed by atoms with Gasteiger partial charge in [-0.15, -0.1) is 0 Å². The van der Waals surface area contributed by atoms with Gasteiger partial charge in [-0.05, 0) is 50.1 Å². The van der Waals surface area contributed by atoms with Crippen LogP contribution in [0.3, 0.4) is 0 Å². The lowest BCUT2D eigenvalue weighted by Crippen LogP contribution is -2.30. The average molecular weight is 414 g/mol. The first-order valence-corrected chi connectivity index (χ1v) is 10.0. The molecule has 1 unspecified atom stereocenters. The van der Waals surface area contributed by atoms with Gasteiger partial charge in [0.05, 0.1) is 17.7 Å². The largest absolute Gasteiger partial charge is 0.507 e. The quantitative estimate of drug-likeness (QED) is 0.413. The zero-order chi connectivity index (χ0) is 21.1. The maximum Gasteiger partial charge on any atom is 0.295 e. The molecule has 1 fully saturated rings. The zero-order valence-electron chi connectivity index (χ0n) is 16.7. The normalized spacial score (nSPS) is 18.5.